The standard InChI is InChI=1S/C17H22ClN5O2S/c1-3-5-9-23(10-6-4-2)26(24,25)15-7-8-16(18)17(11-15)22-21-14(12-19)13-20/h7-8,11,22H,3-6,9-10H2,1-2H3. The van der Waals surface area contributed by atoms with E-state index in [-0.39, 0.29) is 21.3 Å². The van der Waals surface area contributed by atoms with Crippen molar-refractivity contribution in [2.45, 2.75) is 44.4 Å². The van der Waals surface area contributed by atoms with E-state index in [9.17, 15) is 8.42 Å². The van der Waals surface area contributed by atoms with Gasteiger partial charge >= 0.3 is 0 Å². The molecular formula is C17H22ClN5O2S. The third-order valence-corrected chi connectivity index (χ3v) is 5.82. The predicted octanol–water partition coefficient (Wildman–Crippen LogP) is 3.75. The molecule has 1 rings (SSSR count). The molecule has 26 heavy (non-hydrogen) atoms. The highest BCUT2D eigenvalue weighted by Crippen LogP contribution is 2.27. The lowest BCUT2D eigenvalue weighted by atomic mass is 10.3. The molecule has 0 heterocycles. The first-order chi connectivity index (χ1) is 12.4. The lowest BCUT2D eigenvalue weighted by Crippen LogP contribution is -2.33. The normalized spacial score (nSPS) is 10.8. The highest BCUT2D eigenvalue weighted by atomic mass is 35.5. The molecule has 0 aromatic heterocycles. The van der Waals surface area contributed by atoms with Crippen molar-refractivity contribution in [3.05, 3.63) is 23.2 Å². The summed E-state index contributed by atoms with van der Waals surface area (Å²) in [5, 5.41) is 21.3. The second-order valence-corrected chi connectivity index (χ2v) is 7.89. The summed E-state index contributed by atoms with van der Waals surface area (Å²) in [4.78, 5) is 0.0854. The van der Waals surface area contributed by atoms with Crippen LogP contribution in [0, 0.1) is 22.7 Å². The summed E-state index contributed by atoms with van der Waals surface area (Å²) in [6.45, 7) is 4.93. The lowest BCUT2D eigenvalue weighted by Gasteiger charge is -2.22. The molecule has 1 N–H and O–H groups in total. The average molecular weight is 396 g/mol. The van der Waals surface area contributed by atoms with Gasteiger partial charge in [0.1, 0.15) is 12.1 Å². The van der Waals surface area contributed by atoms with Gasteiger partial charge in [-0.05, 0) is 31.0 Å². The van der Waals surface area contributed by atoms with Crippen LogP contribution in [0.4, 0.5) is 5.69 Å². The first-order valence-electron chi connectivity index (χ1n) is 8.34. The van der Waals surface area contributed by atoms with Crippen LogP contribution in [-0.4, -0.2) is 31.5 Å². The van der Waals surface area contributed by atoms with Crippen LogP contribution in [0.25, 0.3) is 0 Å². The van der Waals surface area contributed by atoms with Crippen LogP contribution >= 0.6 is 11.6 Å². The summed E-state index contributed by atoms with van der Waals surface area (Å²) < 4.78 is 27.4. The molecule has 0 spiro atoms. The fraction of sp³-hybridized carbons (Fsp3) is 0.471. The number of nitrogens with zero attached hydrogens (tertiary/aromatic N) is 4. The minimum Gasteiger partial charge on any atom is -0.275 e. The SMILES string of the molecule is CCCCN(CCCC)S(=O)(=O)c1ccc(Cl)c(NN=C(C#N)C#N)c1. The minimum absolute atomic E-state index is 0.0854. The molecule has 0 fully saturated rings. The first-order valence-corrected chi connectivity index (χ1v) is 10.2. The van der Waals surface area contributed by atoms with E-state index >= 15 is 0 Å². The molecule has 0 bridgehead atoms. The minimum atomic E-state index is -3.68. The molecule has 0 saturated carbocycles. The van der Waals surface area contributed by atoms with E-state index in [0.717, 1.165) is 25.7 Å². The lowest BCUT2D eigenvalue weighted by molar-refractivity contribution is 0.395. The third-order valence-electron chi connectivity index (χ3n) is 3.60. The van der Waals surface area contributed by atoms with E-state index in [0.29, 0.717) is 13.1 Å². The van der Waals surface area contributed by atoms with Gasteiger partial charge in [0.2, 0.25) is 15.7 Å². The molecule has 0 unspecified atom stereocenters. The van der Waals surface area contributed by atoms with Gasteiger partial charge in [-0.25, -0.2) is 8.42 Å². The van der Waals surface area contributed by atoms with Gasteiger partial charge in [0, 0.05) is 13.1 Å². The van der Waals surface area contributed by atoms with Gasteiger partial charge in [-0.2, -0.15) is 19.9 Å². The topological polar surface area (TPSA) is 109 Å². The van der Waals surface area contributed by atoms with Crippen LogP contribution in [0.2, 0.25) is 5.02 Å². The number of nitriles is 2. The van der Waals surface area contributed by atoms with Crippen LogP contribution in [-0.2, 0) is 10.0 Å². The number of rotatable bonds is 10. The number of nitrogens with one attached hydrogen (secondary N) is 1. The van der Waals surface area contributed by atoms with E-state index in [1.165, 1.54) is 22.5 Å². The predicted molar refractivity (Wildman–Crippen MR) is 102 cm³/mol. The molecule has 0 radical (unpaired) electrons. The first kappa shape index (κ1) is 21.9. The van der Waals surface area contributed by atoms with E-state index in [1.807, 2.05) is 13.8 Å². The van der Waals surface area contributed by atoms with Gasteiger partial charge in [-0.1, -0.05) is 38.3 Å². The van der Waals surface area contributed by atoms with Crippen LogP contribution in [0.3, 0.4) is 0 Å². The van der Waals surface area contributed by atoms with E-state index < -0.39 is 10.0 Å². The fourth-order valence-electron chi connectivity index (χ4n) is 2.11. The Morgan fingerprint density at radius 2 is 1.77 bits per heavy atom. The summed E-state index contributed by atoms with van der Waals surface area (Å²) in [6.07, 6.45) is 3.34. The molecule has 0 aliphatic rings. The van der Waals surface area contributed by atoms with Gasteiger partial charge < -0.3 is 0 Å². The van der Waals surface area contributed by atoms with Gasteiger partial charge in [-0.3, -0.25) is 5.43 Å². The van der Waals surface area contributed by atoms with Gasteiger partial charge in [0.25, 0.3) is 0 Å². The molecule has 1 aromatic rings. The second kappa shape index (κ2) is 10.8. The Labute approximate surface area is 159 Å². The Hall–Kier alpha value is -2.13. The highest BCUT2D eigenvalue weighted by molar-refractivity contribution is 7.89. The second-order valence-electron chi connectivity index (χ2n) is 5.55. The number of hydrogen-bond acceptors (Lipinski definition) is 6. The van der Waals surface area contributed by atoms with Crippen molar-refractivity contribution in [2.24, 2.45) is 5.10 Å². The molecule has 0 amide bonds. The van der Waals surface area contributed by atoms with Crippen molar-refractivity contribution < 1.29 is 8.42 Å². The largest absolute Gasteiger partial charge is 0.275 e. The molecule has 0 aliphatic heterocycles. The maximum Gasteiger partial charge on any atom is 0.243 e. The highest BCUT2D eigenvalue weighted by Gasteiger charge is 2.24. The Balaban J connectivity index is 3.19. The van der Waals surface area contributed by atoms with Crippen molar-refractivity contribution in [3.8, 4) is 12.1 Å². The van der Waals surface area contributed by atoms with Crippen LogP contribution in [0.15, 0.2) is 28.2 Å². The number of hydrazone groups is 1. The summed E-state index contributed by atoms with van der Waals surface area (Å²) in [5.41, 5.74) is 2.30. The molecule has 7 nitrogen and oxygen atoms in total. The molecular weight excluding hydrogens is 374 g/mol. The Bertz CT molecular complexity index is 801. The summed E-state index contributed by atoms with van der Waals surface area (Å²) in [7, 11) is -3.68. The summed E-state index contributed by atoms with van der Waals surface area (Å²) >= 11 is 6.06. The molecule has 0 saturated heterocycles. The number of unbranched alkanes of at least 4 members (excludes halogenated alkanes) is 2. The number of hydrogen-bond donors (Lipinski definition) is 1. The molecule has 0 atom stereocenters. The number of halogens is 1. The number of sulfonamides is 1. The zero-order valence-electron chi connectivity index (χ0n) is 14.9. The van der Waals surface area contributed by atoms with E-state index in [1.54, 1.807) is 12.1 Å². The monoisotopic (exact) mass is 395 g/mol. The summed E-state index contributed by atoms with van der Waals surface area (Å²) in [6, 6.07) is 7.46. The fourth-order valence-corrected chi connectivity index (χ4v) is 3.82. The maximum absolute atomic E-state index is 13.0. The molecule has 9 heteroatoms. The van der Waals surface area contributed by atoms with E-state index in [4.69, 9.17) is 22.1 Å². The van der Waals surface area contributed by atoms with Gasteiger partial charge in [0.15, 0.2) is 0 Å². The number of anilines is 1. The Kier molecular flexibility index (Phi) is 9.08. The van der Waals surface area contributed by atoms with Crippen LogP contribution in [0.1, 0.15) is 39.5 Å². The molecule has 0 aliphatic carbocycles. The van der Waals surface area contributed by atoms with Crippen molar-refractivity contribution in [2.75, 3.05) is 18.5 Å². The zero-order chi connectivity index (χ0) is 19.6. The number of benzene rings is 1. The zero-order valence-corrected chi connectivity index (χ0v) is 16.4. The van der Waals surface area contributed by atoms with Crippen LogP contribution in [0.5, 0.6) is 0 Å². The quantitative estimate of drug-likeness (QED) is 0.479. The Morgan fingerprint density at radius 3 is 2.27 bits per heavy atom. The molecule has 140 valence electrons. The van der Waals surface area contributed by atoms with Crippen molar-refractivity contribution in [1.29, 1.82) is 10.5 Å². The smallest absolute Gasteiger partial charge is 0.243 e. The maximum atomic E-state index is 13.0. The molecule has 1 aromatic carbocycles. The van der Waals surface area contributed by atoms with Crippen LogP contribution < -0.4 is 5.43 Å². The van der Waals surface area contributed by atoms with Gasteiger partial charge in [-0.15, -0.1) is 0 Å². The summed E-state index contributed by atoms with van der Waals surface area (Å²) in [5.74, 6) is 0. The average Bonchev–Trinajstić information content (AvgIpc) is 2.63. The van der Waals surface area contributed by atoms with Gasteiger partial charge in [0.05, 0.1) is 15.6 Å². The van der Waals surface area contributed by atoms with Crippen molar-refractivity contribution >= 4 is 33.0 Å². The van der Waals surface area contributed by atoms with Crippen molar-refractivity contribution in [1.82, 2.24) is 4.31 Å². The Morgan fingerprint density at radius 1 is 1.19 bits per heavy atom. The van der Waals surface area contributed by atoms with Crippen molar-refractivity contribution in [3.63, 3.8) is 0 Å². The van der Waals surface area contributed by atoms with E-state index in [2.05, 4.69) is 10.5 Å². The third kappa shape index (κ3) is 5.99.